The molecular weight excluding hydrogens is 480 g/mol. The van der Waals surface area contributed by atoms with Crippen LogP contribution in [0.4, 0.5) is 9.59 Å². The van der Waals surface area contributed by atoms with Crippen molar-refractivity contribution in [3.8, 4) is 0 Å². The first kappa shape index (κ1) is 25.5. The van der Waals surface area contributed by atoms with Gasteiger partial charge in [0.1, 0.15) is 0 Å². The Kier molecular flexibility index (Phi) is 7.82. The molecule has 0 spiro atoms. The van der Waals surface area contributed by atoms with Crippen LogP contribution in [0.3, 0.4) is 0 Å². The van der Waals surface area contributed by atoms with Crippen molar-refractivity contribution in [2.24, 2.45) is 5.92 Å². The van der Waals surface area contributed by atoms with Crippen molar-refractivity contribution in [1.82, 2.24) is 19.7 Å². The summed E-state index contributed by atoms with van der Waals surface area (Å²) in [5.41, 5.74) is 1.80. The van der Waals surface area contributed by atoms with Gasteiger partial charge in [-0.15, -0.1) is 0 Å². The summed E-state index contributed by atoms with van der Waals surface area (Å²) in [6, 6.07) is 10.8. The maximum absolute atomic E-state index is 12.4. The number of carbonyl (C=O) groups is 2. The van der Waals surface area contributed by atoms with Crippen LogP contribution in [-0.2, 0) is 20.0 Å². The normalized spacial score (nSPS) is 14.9. The number of nitrogens with one attached hydrogen (secondary N) is 3. The van der Waals surface area contributed by atoms with E-state index in [0.717, 1.165) is 11.1 Å². The number of likely N-dealkylation sites (tertiary alicyclic amines) is 1. The van der Waals surface area contributed by atoms with Gasteiger partial charge in [0.15, 0.2) is 0 Å². The Bertz CT molecular complexity index is 1240. The van der Waals surface area contributed by atoms with Gasteiger partial charge in [0, 0.05) is 19.6 Å². The van der Waals surface area contributed by atoms with Crippen LogP contribution in [0.5, 0.6) is 0 Å². The molecule has 0 aliphatic carbocycles. The molecule has 4 amide bonds. The Labute approximate surface area is 199 Å². The lowest BCUT2D eigenvalue weighted by Crippen LogP contribution is -2.48. The number of carbonyl (C=O) groups excluding carboxylic acids is 2. The van der Waals surface area contributed by atoms with Crippen LogP contribution in [-0.4, -0.2) is 53.4 Å². The summed E-state index contributed by atoms with van der Waals surface area (Å²) in [5.74, 6) is 0.0191. The third-order valence-corrected chi connectivity index (χ3v) is 8.25. The van der Waals surface area contributed by atoms with Gasteiger partial charge in [-0.25, -0.2) is 35.9 Å². The van der Waals surface area contributed by atoms with Gasteiger partial charge in [0.2, 0.25) is 0 Å². The minimum Gasteiger partial charge on any atom is -0.337 e. The fraction of sp³-hybridized carbons (Fsp3) is 0.364. The van der Waals surface area contributed by atoms with Crippen LogP contribution in [0.1, 0.15) is 24.0 Å². The molecule has 3 N–H and O–H groups in total. The molecule has 12 heteroatoms. The molecule has 2 aromatic carbocycles. The summed E-state index contributed by atoms with van der Waals surface area (Å²) in [7, 11) is -7.94. The van der Waals surface area contributed by atoms with E-state index in [1.165, 1.54) is 29.2 Å². The molecule has 2 aromatic rings. The number of sulfonamides is 2. The smallest absolute Gasteiger partial charge is 0.331 e. The zero-order valence-electron chi connectivity index (χ0n) is 18.9. The van der Waals surface area contributed by atoms with E-state index in [4.69, 9.17) is 0 Å². The Morgan fingerprint density at radius 2 is 1.24 bits per heavy atom. The highest BCUT2D eigenvalue weighted by atomic mass is 32.2. The summed E-state index contributed by atoms with van der Waals surface area (Å²) in [6.45, 7) is 4.51. The second-order valence-electron chi connectivity index (χ2n) is 8.28. The number of piperidine rings is 1. The lowest BCUT2D eigenvalue weighted by molar-refractivity contribution is 0.174. The maximum atomic E-state index is 12.4. The fourth-order valence-electron chi connectivity index (χ4n) is 3.47. The molecule has 0 atom stereocenters. The zero-order chi connectivity index (χ0) is 24.9. The fourth-order valence-corrected chi connectivity index (χ4v) is 5.37. The second kappa shape index (κ2) is 10.4. The maximum Gasteiger partial charge on any atom is 0.331 e. The summed E-state index contributed by atoms with van der Waals surface area (Å²) < 4.78 is 53.5. The summed E-state index contributed by atoms with van der Waals surface area (Å²) in [6.07, 6.45) is 1.06. The number of hydrogen-bond acceptors (Lipinski definition) is 6. The Morgan fingerprint density at radius 1 is 0.794 bits per heavy atom. The van der Waals surface area contributed by atoms with Crippen molar-refractivity contribution >= 4 is 32.1 Å². The van der Waals surface area contributed by atoms with Crippen LogP contribution in [0.25, 0.3) is 0 Å². The molecule has 10 nitrogen and oxygen atoms in total. The number of urea groups is 2. The monoisotopic (exact) mass is 508 g/mol. The first-order valence-electron chi connectivity index (χ1n) is 10.7. The van der Waals surface area contributed by atoms with E-state index in [1.54, 1.807) is 24.3 Å². The standard InChI is InChI=1S/C22H28N4O6S2/c1-16-3-7-19(8-4-16)33(29,30)24-21(27)23-15-18-11-13-26(14-12-18)22(28)25-34(31,32)20-9-5-17(2)6-10-20/h3-10,18H,11-15H2,1-2H3,(H,25,28)(H2,23,24,27). The minimum absolute atomic E-state index is 0.00633. The van der Waals surface area contributed by atoms with Crippen molar-refractivity contribution in [1.29, 1.82) is 0 Å². The molecule has 1 fully saturated rings. The second-order valence-corrected chi connectivity index (χ2v) is 11.6. The highest BCUT2D eigenvalue weighted by Crippen LogP contribution is 2.18. The van der Waals surface area contributed by atoms with Gasteiger partial charge in [0.05, 0.1) is 9.79 Å². The summed E-state index contributed by atoms with van der Waals surface area (Å²) >= 11 is 0. The lowest BCUT2D eigenvalue weighted by atomic mass is 9.97. The average molecular weight is 509 g/mol. The van der Waals surface area contributed by atoms with Gasteiger partial charge in [0.25, 0.3) is 20.0 Å². The van der Waals surface area contributed by atoms with E-state index in [0.29, 0.717) is 25.9 Å². The minimum atomic E-state index is -3.97. The van der Waals surface area contributed by atoms with E-state index in [2.05, 4.69) is 10.0 Å². The number of benzene rings is 2. The van der Waals surface area contributed by atoms with Crippen molar-refractivity contribution in [2.75, 3.05) is 19.6 Å². The number of aryl methyl sites for hydroxylation is 2. The molecule has 0 aromatic heterocycles. The Morgan fingerprint density at radius 3 is 1.71 bits per heavy atom. The van der Waals surface area contributed by atoms with Gasteiger partial charge in [-0.2, -0.15) is 0 Å². The molecule has 1 saturated heterocycles. The van der Waals surface area contributed by atoms with Crippen LogP contribution < -0.4 is 14.8 Å². The quantitative estimate of drug-likeness (QED) is 0.546. The van der Waals surface area contributed by atoms with Gasteiger partial charge in [-0.3, -0.25) is 0 Å². The molecule has 1 heterocycles. The van der Waals surface area contributed by atoms with Crippen LogP contribution in [0.15, 0.2) is 58.3 Å². The number of rotatable bonds is 6. The summed E-state index contributed by atoms with van der Waals surface area (Å²) in [5, 5.41) is 2.55. The highest BCUT2D eigenvalue weighted by Gasteiger charge is 2.27. The summed E-state index contributed by atoms with van der Waals surface area (Å²) in [4.78, 5) is 25.9. The number of nitrogens with zero attached hydrogens (tertiary/aromatic N) is 1. The molecule has 0 radical (unpaired) electrons. The molecule has 3 rings (SSSR count). The number of hydrogen-bond donors (Lipinski definition) is 3. The first-order chi connectivity index (χ1) is 16.0. The first-order valence-corrected chi connectivity index (χ1v) is 13.7. The van der Waals surface area contributed by atoms with Gasteiger partial charge in [-0.1, -0.05) is 35.4 Å². The zero-order valence-corrected chi connectivity index (χ0v) is 20.6. The van der Waals surface area contributed by atoms with E-state index in [9.17, 15) is 26.4 Å². The SMILES string of the molecule is Cc1ccc(S(=O)(=O)NC(=O)NCC2CCN(C(=O)NS(=O)(=O)c3ccc(C)cc3)CC2)cc1. The van der Waals surface area contributed by atoms with Gasteiger partial charge >= 0.3 is 12.1 Å². The third-order valence-electron chi connectivity index (χ3n) is 5.56. The van der Waals surface area contributed by atoms with E-state index < -0.39 is 32.1 Å². The number of amides is 4. The molecule has 34 heavy (non-hydrogen) atoms. The lowest BCUT2D eigenvalue weighted by Gasteiger charge is -2.31. The van der Waals surface area contributed by atoms with E-state index >= 15 is 0 Å². The molecule has 184 valence electrons. The Balaban J connectivity index is 1.44. The van der Waals surface area contributed by atoms with Gasteiger partial charge < -0.3 is 10.2 Å². The predicted molar refractivity (Wildman–Crippen MR) is 126 cm³/mol. The average Bonchev–Trinajstić information content (AvgIpc) is 2.78. The predicted octanol–water partition coefficient (Wildman–Crippen LogP) is 2.10. The van der Waals surface area contributed by atoms with Gasteiger partial charge in [-0.05, 0) is 56.9 Å². The molecule has 0 bridgehead atoms. The highest BCUT2D eigenvalue weighted by molar-refractivity contribution is 7.90. The van der Waals surface area contributed by atoms with Crippen molar-refractivity contribution in [3.63, 3.8) is 0 Å². The molecule has 0 saturated carbocycles. The molecule has 1 aliphatic heterocycles. The largest absolute Gasteiger partial charge is 0.337 e. The van der Waals surface area contributed by atoms with Crippen molar-refractivity contribution in [2.45, 2.75) is 36.5 Å². The molecular formula is C22H28N4O6S2. The van der Waals surface area contributed by atoms with Crippen LogP contribution in [0, 0.1) is 19.8 Å². The topological polar surface area (TPSA) is 142 Å². The molecule has 1 aliphatic rings. The van der Waals surface area contributed by atoms with E-state index in [1.807, 2.05) is 18.6 Å². The van der Waals surface area contributed by atoms with Crippen molar-refractivity contribution < 1.29 is 26.4 Å². The van der Waals surface area contributed by atoms with E-state index in [-0.39, 0.29) is 22.3 Å². The third kappa shape index (κ3) is 6.70. The van der Waals surface area contributed by atoms with Crippen LogP contribution >= 0.6 is 0 Å². The van der Waals surface area contributed by atoms with Crippen LogP contribution in [0.2, 0.25) is 0 Å². The van der Waals surface area contributed by atoms with Crippen molar-refractivity contribution in [3.05, 3.63) is 59.7 Å². The molecule has 0 unspecified atom stereocenters. The Hall–Kier alpha value is -3.12.